The van der Waals surface area contributed by atoms with Gasteiger partial charge in [0.05, 0.1) is 11.1 Å². The van der Waals surface area contributed by atoms with Crippen molar-refractivity contribution in [2.24, 2.45) is 5.92 Å². The number of nitrogens with zero attached hydrogens (tertiary/aromatic N) is 3. The number of carbonyl (C=O) groups excluding carboxylic acids is 1. The van der Waals surface area contributed by atoms with E-state index in [-0.39, 0.29) is 30.0 Å². The fourth-order valence-electron chi connectivity index (χ4n) is 4.34. The second kappa shape index (κ2) is 10.1. The predicted octanol–water partition coefficient (Wildman–Crippen LogP) is 5.14. The number of para-hydroxylation sites is 1. The molecule has 1 amide bonds. The third-order valence-electron chi connectivity index (χ3n) is 6.27. The molecule has 0 atom stereocenters. The van der Waals surface area contributed by atoms with Crippen molar-refractivity contribution < 1.29 is 22.4 Å². The Morgan fingerprint density at radius 2 is 1.77 bits per heavy atom. The lowest BCUT2D eigenvalue weighted by Crippen LogP contribution is -2.36. The van der Waals surface area contributed by atoms with Gasteiger partial charge in [-0.25, -0.2) is 9.37 Å². The molecule has 1 aromatic heterocycles. The van der Waals surface area contributed by atoms with Gasteiger partial charge in [-0.15, -0.1) is 0 Å². The molecule has 1 fully saturated rings. The van der Waals surface area contributed by atoms with Gasteiger partial charge >= 0.3 is 6.18 Å². The van der Waals surface area contributed by atoms with Gasteiger partial charge < -0.3 is 15.5 Å². The van der Waals surface area contributed by atoms with Crippen molar-refractivity contribution >= 4 is 28.6 Å². The molecule has 0 spiro atoms. The average molecular weight is 490 g/mol. The molecule has 186 valence electrons. The first-order chi connectivity index (χ1) is 16.6. The standard InChI is InChI=1S/C25H27F4N5O/c1-34(2)22-19-5-3-4-6-21(19)32-24(33-22)31-18-11-8-15(9-12-18)23(35)30-14-16-7-10-17(13-20(16)26)25(27,28)29/h3-7,10,13,15,18H,8-9,11-12,14H2,1-2H3,(H,30,35)(H,31,32,33)/t15-,18+. The maximum atomic E-state index is 14.0. The molecule has 1 heterocycles. The Labute approximate surface area is 200 Å². The predicted molar refractivity (Wildman–Crippen MR) is 126 cm³/mol. The van der Waals surface area contributed by atoms with Crippen LogP contribution in [-0.2, 0) is 17.5 Å². The summed E-state index contributed by atoms with van der Waals surface area (Å²) in [5.74, 6) is -0.0831. The van der Waals surface area contributed by atoms with Crippen LogP contribution in [0.15, 0.2) is 42.5 Å². The molecule has 0 saturated heterocycles. The van der Waals surface area contributed by atoms with Crippen LogP contribution in [0.25, 0.3) is 10.9 Å². The zero-order chi connectivity index (χ0) is 25.2. The third-order valence-corrected chi connectivity index (χ3v) is 6.27. The van der Waals surface area contributed by atoms with E-state index in [0.717, 1.165) is 41.7 Å². The van der Waals surface area contributed by atoms with Gasteiger partial charge in [0.2, 0.25) is 11.9 Å². The summed E-state index contributed by atoms with van der Waals surface area (Å²) in [7, 11) is 3.86. The minimum atomic E-state index is -4.61. The monoisotopic (exact) mass is 489 g/mol. The van der Waals surface area contributed by atoms with Crippen molar-refractivity contribution in [1.29, 1.82) is 0 Å². The SMILES string of the molecule is CN(C)c1nc(N[C@H]2CC[C@@H](C(=O)NCc3ccc(C(F)(F)F)cc3F)CC2)nc2ccccc12. The highest BCUT2D eigenvalue weighted by atomic mass is 19.4. The minimum Gasteiger partial charge on any atom is -0.362 e. The van der Waals surface area contributed by atoms with Crippen LogP contribution in [0.4, 0.5) is 29.3 Å². The lowest BCUT2D eigenvalue weighted by molar-refractivity contribution is -0.137. The summed E-state index contributed by atoms with van der Waals surface area (Å²) < 4.78 is 52.1. The number of halogens is 4. The summed E-state index contributed by atoms with van der Waals surface area (Å²) in [6, 6.07) is 10.2. The molecule has 2 aromatic carbocycles. The molecule has 4 rings (SSSR count). The van der Waals surface area contributed by atoms with E-state index in [1.807, 2.05) is 43.3 Å². The summed E-state index contributed by atoms with van der Waals surface area (Å²) in [4.78, 5) is 23.8. The van der Waals surface area contributed by atoms with E-state index in [0.29, 0.717) is 24.9 Å². The Balaban J connectivity index is 1.32. The van der Waals surface area contributed by atoms with E-state index < -0.39 is 17.6 Å². The van der Waals surface area contributed by atoms with Gasteiger partial charge in [0.25, 0.3) is 0 Å². The number of amides is 1. The van der Waals surface area contributed by atoms with Crippen LogP contribution in [-0.4, -0.2) is 36.0 Å². The number of carbonyl (C=O) groups is 1. The van der Waals surface area contributed by atoms with E-state index in [1.54, 1.807) is 0 Å². The second-order valence-electron chi connectivity index (χ2n) is 9.00. The third kappa shape index (κ3) is 5.80. The van der Waals surface area contributed by atoms with Crippen LogP contribution in [0.1, 0.15) is 36.8 Å². The van der Waals surface area contributed by atoms with Crippen LogP contribution in [0.3, 0.4) is 0 Å². The van der Waals surface area contributed by atoms with Crippen LogP contribution in [0, 0.1) is 11.7 Å². The Hall–Kier alpha value is -3.43. The number of rotatable bonds is 6. The Morgan fingerprint density at radius 3 is 2.43 bits per heavy atom. The first-order valence-electron chi connectivity index (χ1n) is 11.5. The van der Waals surface area contributed by atoms with E-state index in [1.165, 1.54) is 0 Å². The zero-order valence-electron chi connectivity index (χ0n) is 19.5. The maximum Gasteiger partial charge on any atom is 0.416 e. The lowest BCUT2D eigenvalue weighted by atomic mass is 9.85. The van der Waals surface area contributed by atoms with E-state index in [2.05, 4.69) is 20.6 Å². The molecule has 0 radical (unpaired) electrons. The summed E-state index contributed by atoms with van der Waals surface area (Å²) in [5.41, 5.74) is -0.187. The number of aromatic nitrogens is 2. The van der Waals surface area contributed by atoms with Gasteiger partial charge in [-0.2, -0.15) is 18.2 Å². The molecule has 6 nitrogen and oxygen atoms in total. The van der Waals surface area contributed by atoms with Gasteiger partial charge in [-0.1, -0.05) is 18.2 Å². The second-order valence-corrected chi connectivity index (χ2v) is 9.00. The Kier molecular flexibility index (Phi) is 7.09. The van der Waals surface area contributed by atoms with Crippen LogP contribution < -0.4 is 15.5 Å². The van der Waals surface area contributed by atoms with Crippen molar-refractivity contribution in [2.75, 3.05) is 24.3 Å². The van der Waals surface area contributed by atoms with Crippen LogP contribution >= 0.6 is 0 Å². The van der Waals surface area contributed by atoms with E-state index in [4.69, 9.17) is 0 Å². The van der Waals surface area contributed by atoms with Gasteiger partial charge in [-0.05, 0) is 49.9 Å². The number of alkyl halides is 3. The summed E-state index contributed by atoms with van der Waals surface area (Å²) >= 11 is 0. The molecule has 3 aromatic rings. The minimum absolute atomic E-state index is 0.0202. The molecule has 1 saturated carbocycles. The fourth-order valence-corrected chi connectivity index (χ4v) is 4.34. The van der Waals surface area contributed by atoms with E-state index in [9.17, 15) is 22.4 Å². The van der Waals surface area contributed by atoms with Gasteiger partial charge in [0.1, 0.15) is 11.6 Å². The van der Waals surface area contributed by atoms with Crippen LogP contribution in [0.2, 0.25) is 0 Å². The number of hydrogen-bond donors (Lipinski definition) is 2. The largest absolute Gasteiger partial charge is 0.416 e. The van der Waals surface area contributed by atoms with Crippen molar-refractivity contribution in [3.05, 3.63) is 59.4 Å². The molecule has 0 bridgehead atoms. The molecule has 10 heteroatoms. The van der Waals surface area contributed by atoms with Crippen molar-refractivity contribution in [3.63, 3.8) is 0 Å². The summed E-state index contributed by atoms with van der Waals surface area (Å²) in [6.07, 6.45) is -1.87. The summed E-state index contributed by atoms with van der Waals surface area (Å²) in [6.45, 7) is -0.154. The Bertz CT molecular complexity index is 1210. The van der Waals surface area contributed by atoms with Gasteiger partial charge in [-0.3, -0.25) is 4.79 Å². The van der Waals surface area contributed by atoms with E-state index >= 15 is 0 Å². The van der Waals surface area contributed by atoms with Crippen molar-refractivity contribution in [3.8, 4) is 0 Å². The van der Waals surface area contributed by atoms with Crippen molar-refractivity contribution in [2.45, 2.75) is 44.4 Å². The van der Waals surface area contributed by atoms with Gasteiger partial charge in [0.15, 0.2) is 0 Å². The first kappa shape index (κ1) is 24.7. The topological polar surface area (TPSA) is 70.2 Å². The average Bonchev–Trinajstić information content (AvgIpc) is 2.82. The molecule has 0 aliphatic heterocycles. The molecule has 2 N–H and O–H groups in total. The normalized spacial score (nSPS) is 18.3. The lowest BCUT2D eigenvalue weighted by Gasteiger charge is -2.28. The Morgan fingerprint density at radius 1 is 1.06 bits per heavy atom. The zero-order valence-corrected chi connectivity index (χ0v) is 19.5. The number of anilines is 2. The number of fused-ring (bicyclic) bond motifs is 1. The molecular weight excluding hydrogens is 462 g/mol. The smallest absolute Gasteiger partial charge is 0.362 e. The highest BCUT2D eigenvalue weighted by molar-refractivity contribution is 5.90. The number of nitrogens with one attached hydrogen (secondary N) is 2. The highest BCUT2D eigenvalue weighted by Gasteiger charge is 2.31. The molecule has 1 aliphatic carbocycles. The molecule has 0 unspecified atom stereocenters. The summed E-state index contributed by atoms with van der Waals surface area (Å²) in [5, 5.41) is 7.02. The van der Waals surface area contributed by atoms with Crippen molar-refractivity contribution in [1.82, 2.24) is 15.3 Å². The number of hydrogen-bond acceptors (Lipinski definition) is 5. The quantitative estimate of drug-likeness (QED) is 0.469. The molecule has 35 heavy (non-hydrogen) atoms. The maximum absolute atomic E-state index is 14.0. The molecular formula is C25H27F4N5O. The van der Waals surface area contributed by atoms with Gasteiger partial charge in [0, 0.05) is 43.5 Å². The fraction of sp³-hybridized carbons (Fsp3) is 0.400. The molecule has 1 aliphatic rings. The van der Waals surface area contributed by atoms with Crippen LogP contribution in [0.5, 0.6) is 0 Å². The highest BCUT2D eigenvalue weighted by Crippen LogP contribution is 2.31. The first-order valence-corrected chi connectivity index (χ1v) is 11.5. The number of benzene rings is 2.